The number of aromatic nitrogens is 2. The lowest BCUT2D eigenvalue weighted by Crippen LogP contribution is -2.42. The molecule has 0 fully saturated rings. The number of carbonyl (C=O) groups excluding carboxylic acids is 1. The molecule has 27 heavy (non-hydrogen) atoms. The van der Waals surface area contributed by atoms with Crippen LogP contribution < -0.4 is 22.3 Å². The Balaban J connectivity index is 2.19. The predicted octanol–water partition coefficient (Wildman–Crippen LogP) is 2.24. The second-order valence-corrected chi connectivity index (χ2v) is 5.99. The minimum atomic E-state index is -0.615. The molecule has 0 saturated carbocycles. The first-order valence-electron chi connectivity index (χ1n) is 8.61. The van der Waals surface area contributed by atoms with Gasteiger partial charge < -0.3 is 11.1 Å². The molecule has 1 aromatic heterocycles. The highest BCUT2D eigenvalue weighted by Gasteiger charge is 2.20. The van der Waals surface area contributed by atoms with Crippen LogP contribution in [0.5, 0.6) is 0 Å². The molecule has 0 bridgehead atoms. The lowest BCUT2D eigenvalue weighted by molar-refractivity contribution is 0.102. The maximum absolute atomic E-state index is 12.8. The van der Waals surface area contributed by atoms with Gasteiger partial charge in [-0.25, -0.2) is 9.36 Å². The summed E-state index contributed by atoms with van der Waals surface area (Å²) in [5.74, 6) is -0.575. The Morgan fingerprint density at radius 2 is 1.59 bits per heavy atom. The normalized spacial score (nSPS) is 10.6. The lowest BCUT2D eigenvalue weighted by atomic mass is 10.2. The number of nitrogens with one attached hydrogen (secondary N) is 1. The van der Waals surface area contributed by atoms with Crippen molar-refractivity contribution in [2.75, 3.05) is 11.1 Å². The highest BCUT2D eigenvalue weighted by molar-refractivity contribution is 6.05. The summed E-state index contributed by atoms with van der Waals surface area (Å²) in [4.78, 5) is 38.2. The average Bonchev–Trinajstić information content (AvgIpc) is 2.70. The van der Waals surface area contributed by atoms with E-state index in [0.717, 1.165) is 4.57 Å². The molecule has 3 N–H and O–H groups in total. The number of nitrogen functional groups attached to an aromatic ring is 1. The molecule has 0 unspecified atom stereocenters. The van der Waals surface area contributed by atoms with E-state index in [9.17, 15) is 14.4 Å². The summed E-state index contributed by atoms with van der Waals surface area (Å²) in [6, 6.07) is 17.2. The molecule has 2 aromatic carbocycles. The maximum Gasteiger partial charge on any atom is 0.337 e. The summed E-state index contributed by atoms with van der Waals surface area (Å²) in [6.45, 7) is 2.08. The average molecular weight is 364 g/mol. The summed E-state index contributed by atoms with van der Waals surface area (Å²) < 4.78 is 2.32. The van der Waals surface area contributed by atoms with E-state index >= 15 is 0 Å². The van der Waals surface area contributed by atoms with Crippen molar-refractivity contribution in [3.8, 4) is 5.69 Å². The van der Waals surface area contributed by atoms with Crippen LogP contribution in [-0.2, 0) is 6.54 Å². The summed E-state index contributed by atoms with van der Waals surface area (Å²) in [6.07, 6.45) is 0.583. The Morgan fingerprint density at radius 3 is 2.19 bits per heavy atom. The topological polar surface area (TPSA) is 99.1 Å². The molecule has 3 rings (SSSR count). The molecule has 3 aromatic rings. The van der Waals surface area contributed by atoms with Gasteiger partial charge in [-0.3, -0.25) is 14.2 Å². The number of nitrogens with two attached hydrogens (primary N) is 1. The van der Waals surface area contributed by atoms with Crippen LogP contribution in [0.3, 0.4) is 0 Å². The smallest absolute Gasteiger partial charge is 0.337 e. The standard InChI is InChI=1S/C20H20N4O3/c1-2-13-23-19(26)16(22-18(25)14-9-5-3-6-10-14)17(21)24(20(23)27)15-11-7-4-8-12-15/h3-12H,2,13,21H2,1H3,(H,22,25). The van der Waals surface area contributed by atoms with Crippen LogP contribution in [0.25, 0.3) is 5.69 Å². The van der Waals surface area contributed by atoms with Crippen LogP contribution in [0.2, 0.25) is 0 Å². The zero-order chi connectivity index (χ0) is 19.4. The molecule has 7 nitrogen and oxygen atoms in total. The summed E-state index contributed by atoms with van der Waals surface area (Å²) in [7, 11) is 0. The van der Waals surface area contributed by atoms with E-state index in [1.807, 2.05) is 13.0 Å². The summed E-state index contributed by atoms with van der Waals surface area (Å²) in [5.41, 5.74) is 5.78. The van der Waals surface area contributed by atoms with E-state index in [4.69, 9.17) is 5.73 Å². The van der Waals surface area contributed by atoms with Crippen molar-refractivity contribution in [2.45, 2.75) is 19.9 Å². The number of hydrogen-bond acceptors (Lipinski definition) is 4. The van der Waals surface area contributed by atoms with Crippen LogP contribution in [-0.4, -0.2) is 15.0 Å². The van der Waals surface area contributed by atoms with Gasteiger partial charge in [0.05, 0.1) is 5.69 Å². The highest BCUT2D eigenvalue weighted by Crippen LogP contribution is 2.17. The molecule has 0 spiro atoms. The van der Waals surface area contributed by atoms with E-state index in [1.54, 1.807) is 54.6 Å². The third kappa shape index (κ3) is 3.52. The number of nitrogens with zero attached hydrogens (tertiary/aromatic N) is 2. The molecular formula is C20H20N4O3. The first-order valence-corrected chi connectivity index (χ1v) is 8.61. The van der Waals surface area contributed by atoms with Crippen molar-refractivity contribution in [3.63, 3.8) is 0 Å². The van der Waals surface area contributed by atoms with Gasteiger partial charge in [-0.05, 0) is 30.7 Å². The Kier molecular flexibility index (Phi) is 5.21. The quantitative estimate of drug-likeness (QED) is 0.725. The number of rotatable bonds is 5. The minimum Gasteiger partial charge on any atom is -0.383 e. The number of para-hydroxylation sites is 1. The Bertz CT molecular complexity index is 1070. The second-order valence-electron chi connectivity index (χ2n) is 5.99. The molecule has 138 valence electrons. The van der Waals surface area contributed by atoms with E-state index in [-0.39, 0.29) is 18.1 Å². The van der Waals surface area contributed by atoms with Crippen molar-refractivity contribution in [1.82, 2.24) is 9.13 Å². The van der Waals surface area contributed by atoms with Crippen molar-refractivity contribution < 1.29 is 4.79 Å². The summed E-state index contributed by atoms with van der Waals surface area (Å²) in [5, 5.41) is 2.57. The molecule has 0 aliphatic rings. The number of hydrogen-bond donors (Lipinski definition) is 2. The number of anilines is 2. The third-order valence-electron chi connectivity index (χ3n) is 4.11. The van der Waals surface area contributed by atoms with E-state index in [2.05, 4.69) is 5.32 Å². The Morgan fingerprint density at radius 1 is 1.00 bits per heavy atom. The number of carbonyl (C=O) groups is 1. The SMILES string of the molecule is CCCn1c(=O)c(NC(=O)c2ccccc2)c(N)n(-c2ccccc2)c1=O. The predicted molar refractivity (Wildman–Crippen MR) is 105 cm³/mol. The molecule has 0 aliphatic carbocycles. The fraction of sp³-hybridized carbons (Fsp3) is 0.150. The van der Waals surface area contributed by atoms with Crippen molar-refractivity contribution >= 4 is 17.4 Å². The Labute approximate surface area is 155 Å². The van der Waals surface area contributed by atoms with E-state index < -0.39 is 17.2 Å². The Hall–Kier alpha value is -3.61. The van der Waals surface area contributed by atoms with Gasteiger partial charge in [0.15, 0.2) is 0 Å². The van der Waals surface area contributed by atoms with E-state index in [1.165, 1.54) is 4.57 Å². The zero-order valence-electron chi connectivity index (χ0n) is 14.9. The van der Waals surface area contributed by atoms with Crippen LogP contribution >= 0.6 is 0 Å². The van der Waals surface area contributed by atoms with Crippen LogP contribution in [0.4, 0.5) is 11.5 Å². The third-order valence-corrected chi connectivity index (χ3v) is 4.11. The van der Waals surface area contributed by atoms with Gasteiger partial charge in [0, 0.05) is 12.1 Å². The van der Waals surface area contributed by atoms with Crippen molar-refractivity contribution in [2.24, 2.45) is 0 Å². The summed E-state index contributed by atoms with van der Waals surface area (Å²) >= 11 is 0. The van der Waals surface area contributed by atoms with Crippen LogP contribution in [0.1, 0.15) is 23.7 Å². The van der Waals surface area contributed by atoms with Gasteiger partial charge in [0.25, 0.3) is 11.5 Å². The molecular weight excluding hydrogens is 344 g/mol. The minimum absolute atomic E-state index is 0.104. The fourth-order valence-corrected chi connectivity index (χ4v) is 2.81. The van der Waals surface area contributed by atoms with Gasteiger partial charge in [0.2, 0.25) is 0 Å². The second kappa shape index (κ2) is 7.74. The monoisotopic (exact) mass is 364 g/mol. The maximum atomic E-state index is 12.8. The number of amides is 1. The molecule has 7 heteroatoms. The van der Waals surface area contributed by atoms with Gasteiger partial charge >= 0.3 is 5.69 Å². The molecule has 0 radical (unpaired) electrons. The molecule has 0 saturated heterocycles. The molecule has 1 heterocycles. The van der Waals surface area contributed by atoms with E-state index in [0.29, 0.717) is 17.7 Å². The first-order chi connectivity index (χ1) is 13.0. The zero-order valence-corrected chi connectivity index (χ0v) is 14.9. The van der Waals surface area contributed by atoms with Crippen molar-refractivity contribution in [1.29, 1.82) is 0 Å². The molecule has 0 aliphatic heterocycles. The molecule has 0 atom stereocenters. The molecule has 1 amide bonds. The van der Waals surface area contributed by atoms with Gasteiger partial charge in [-0.1, -0.05) is 43.3 Å². The largest absolute Gasteiger partial charge is 0.383 e. The van der Waals surface area contributed by atoms with Gasteiger partial charge in [0.1, 0.15) is 11.5 Å². The van der Waals surface area contributed by atoms with Gasteiger partial charge in [-0.15, -0.1) is 0 Å². The van der Waals surface area contributed by atoms with Crippen LogP contribution in [0, 0.1) is 0 Å². The highest BCUT2D eigenvalue weighted by atomic mass is 16.2. The lowest BCUT2D eigenvalue weighted by Gasteiger charge is -2.17. The number of benzene rings is 2. The van der Waals surface area contributed by atoms with Gasteiger partial charge in [-0.2, -0.15) is 0 Å². The fourth-order valence-electron chi connectivity index (χ4n) is 2.81. The van der Waals surface area contributed by atoms with Crippen molar-refractivity contribution in [3.05, 3.63) is 87.1 Å². The van der Waals surface area contributed by atoms with Crippen LogP contribution in [0.15, 0.2) is 70.3 Å². The first kappa shape index (κ1) is 18.2.